The minimum absolute atomic E-state index is 0.0305. The third-order valence-corrected chi connectivity index (χ3v) is 7.28. The predicted molar refractivity (Wildman–Crippen MR) is 154 cm³/mol. The van der Waals surface area contributed by atoms with E-state index in [0.29, 0.717) is 18.1 Å². The highest BCUT2D eigenvalue weighted by Crippen LogP contribution is 2.27. The van der Waals surface area contributed by atoms with Crippen LogP contribution in [0.25, 0.3) is 10.6 Å². The van der Waals surface area contributed by atoms with Gasteiger partial charge in [-0.25, -0.2) is 9.78 Å². The average molecular weight is 561 g/mol. The number of amides is 2. The van der Waals surface area contributed by atoms with E-state index in [1.54, 1.807) is 46.7 Å². The Bertz CT molecular complexity index is 1490. The Morgan fingerprint density at radius 2 is 1.90 bits per heavy atom. The maximum Gasteiger partial charge on any atom is 0.326 e. The molecule has 2 unspecified atom stereocenters. The van der Waals surface area contributed by atoms with E-state index in [-0.39, 0.29) is 28.9 Å². The number of pyridine rings is 2. The van der Waals surface area contributed by atoms with Crippen LogP contribution in [0.2, 0.25) is 0 Å². The molecule has 3 N–H and O–H groups in total. The summed E-state index contributed by atoms with van der Waals surface area (Å²) in [7, 11) is 0. The van der Waals surface area contributed by atoms with Gasteiger partial charge in [-0.15, -0.1) is 11.3 Å². The van der Waals surface area contributed by atoms with Gasteiger partial charge in [0.2, 0.25) is 11.7 Å². The standard InChI is InChI=1S/C28H32N8O3S/c1-17-14-20(36(35-17)28(2,3)4)24(37)25(19-10-13-30-15-19)39-23-7-5-6-21(31-23)33-27(38)34-22-16-40-26(32-22)18-8-11-29-12-9-18/h5-9,11-12,14,16,19,25,30H,10,13,15H2,1-4H3,(H2,31,33,34,38). The number of hydrogen-bond donors (Lipinski definition) is 3. The van der Waals surface area contributed by atoms with Gasteiger partial charge in [0.05, 0.1) is 11.2 Å². The van der Waals surface area contributed by atoms with Crippen LogP contribution < -0.4 is 20.7 Å². The van der Waals surface area contributed by atoms with Crippen LogP contribution in [0.5, 0.6) is 5.88 Å². The molecule has 0 aromatic carbocycles. The van der Waals surface area contributed by atoms with Crippen molar-refractivity contribution >= 4 is 34.8 Å². The number of carbonyl (C=O) groups excluding carboxylic acids is 2. The zero-order chi connectivity index (χ0) is 28.3. The summed E-state index contributed by atoms with van der Waals surface area (Å²) in [5.41, 5.74) is 1.82. The highest BCUT2D eigenvalue weighted by atomic mass is 32.1. The number of hydrogen-bond acceptors (Lipinski definition) is 9. The summed E-state index contributed by atoms with van der Waals surface area (Å²) in [6.07, 6.45) is 3.43. The number of aromatic nitrogens is 5. The molecule has 5 rings (SSSR count). The van der Waals surface area contributed by atoms with Crippen LogP contribution >= 0.6 is 11.3 Å². The first kappa shape index (κ1) is 27.4. The Morgan fingerprint density at radius 1 is 1.12 bits per heavy atom. The SMILES string of the molecule is Cc1cc(C(=O)C(Oc2cccc(NC(=O)Nc3csc(-c4ccncc4)n3)n2)C2CCNC2)n(C(C)(C)C)n1. The second-order valence-electron chi connectivity index (χ2n) is 10.6. The third-order valence-electron chi connectivity index (χ3n) is 6.39. The molecule has 0 bridgehead atoms. The highest BCUT2D eigenvalue weighted by Gasteiger charge is 2.36. The monoisotopic (exact) mass is 560 g/mol. The normalized spacial score (nSPS) is 15.9. The van der Waals surface area contributed by atoms with E-state index in [0.717, 1.165) is 29.2 Å². The zero-order valence-corrected chi connectivity index (χ0v) is 23.7. The quantitative estimate of drug-likeness (QED) is 0.263. The molecule has 0 spiro atoms. The Morgan fingerprint density at radius 3 is 2.62 bits per heavy atom. The van der Waals surface area contributed by atoms with E-state index in [1.165, 1.54) is 11.3 Å². The first-order valence-electron chi connectivity index (χ1n) is 13.1. The van der Waals surface area contributed by atoms with Crippen LogP contribution in [0.15, 0.2) is 54.2 Å². The van der Waals surface area contributed by atoms with E-state index >= 15 is 0 Å². The highest BCUT2D eigenvalue weighted by molar-refractivity contribution is 7.13. The number of nitrogens with one attached hydrogen (secondary N) is 3. The van der Waals surface area contributed by atoms with Crippen LogP contribution in [0, 0.1) is 12.8 Å². The summed E-state index contributed by atoms with van der Waals surface area (Å²) >= 11 is 1.42. The number of thiazole rings is 1. The fraction of sp³-hybridized carbons (Fsp3) is 0.357. The van der Waals surface area contributed by atoms with E-state index in [2.05, 4.69) is 36.0 Å². The van der Waals surface area contributed by atoms with Crippen molar-refractivity contribution in [2.75, 3.05) is 23.7 Å². The number of ether oxygens (including phenoxy) is 1. The van der Waals surface area contributed by atoms with Crippen molar-refractivity contribution in [3.05, 3.63) is 65.6 Å². The van der Waals surface area contributed by atoms with Crippen molar-refractivity contribution in [1.29, 1.82) is 0 Å². The Hall–Kier alpha value is -4.16. The number of ketones is 1. The molecular weight excluding hydrogens is 528 g/mol. The lowest BCUT2D eigenvalue weighted by molar-refractivity contribution is 0.0664. The van der Waals surface area contributed by atoms with Gasteiger partial charge >= 0.3 is 6.03 Å². The second-order valence-corrected chi connectivity index (χ2v) is 11.5. The molecule has 208 valence electrons. The number of carbonyl (C=O) groups is 2. The van der Waals surface area contributed by atoms with Crippen molar-refractivity contribution < 1.29 is 14.3 Å². The molecule has 1 fully saturated rings. The van der Waals surface area contributed by atoms with Gasteiger partial charge in [-0.2, -0.15) is 10.1 Å². The van der Waals surface area contributed by atoms with E-state index < -0.39 is 12.1 Å². The number of rotatable bonds is 8. The van der Waals surface area contributed by atoms with Crippen LogP contribution in [0.4, 0.5) is 16.4 Å². The summed E-state index contributed by atoms with van der Waals surface area (Å²) in [4.78, 5) is 39.5. The van der Waals surface area contributed by atoms with Crippen LogP contribution in [-0.2, 0) is 5.54 Å². The molecule has 1 aliphatic rings. The largest absolute Gasteiger partial charge is 0.465 e. The van der Waals surface area contributed by atoms with Crippen molar-refractivity contribution in [1.82, 2.24) is 30.0 Å². The van der Waals surface area contributed by atoms with E-state index in [1.807, 2.05) is 39.8 Å². The molecule has 2 atom stereocenters. The lowest BCUT2D eigenvalue weighted by Gasteiger charge is -2.26. The number of Topliss-reactive ketones (excluding diaryl/α,β-unsaturated/α-hetero) is 1. The number of nitrogens with zero attached hydrogens (tertiary/aromatic N) is 5. The van der Waals surface area contributed by atoms with Gasteiger partial charge in [0.15, 0.2) is 6.10 Å². The fourth-order valence-corrected chi connectivity index (χ4v) is 5.29. The summed E-state index contributed by atoms with van der Waals surface area (Å²) in [6.45, 7) is 9.38. The Balaban J connectivity index is 1.30. The van der Waals surface area contributed by atoms with Gasteiger partial charge in [-0.05, 0) is 64.9 Å². The Labute approximate surface area is 236 Å². The topological polar surface area (TPSA) is 136 Å². The predicted octanol–water partition coefficient (Wildman–Crippen LogP) is 4.74. The maximum absolute atomic E-state index is 13.9. The van der Waals surface area contributed by atoms with Crippen molar-refractivity contribution in [3.8, 4) is 16.5 Å². The molecule has 12 heteroatoms. The average Bonchev–Trinajstić information content (AvgIpc) is 3.69. The minimum Gasteiger partial charge on any atom is -0.465 e. The number of urea groups is 1. The van der Waals surface area contributed by atoms with Gasteiger partial charge in [0.1, 0.15) is 22.3 Å². The Kier molecular flexibility index (Phi) is 7.90. The molecule has 11 nitrogen and oxygen atoms in total. The molecule has 1 saturated heterocycles. The van der Waals surface area contributed by atoms with Crippen LogP contribution in [0.1, 0.15) is 43.4 Å². The third kappa shape index (κ3) is 6.35. The van der Waals surface area contributed by atoms with Gasteiger partial charge in [0, 0.05) is 41.9 Å². The molecule has 5 heterocycles. The summed E-state index contributed by atoms with van der Waals surface area (Å²) < 4.78 is 8.02. The lowest BCUT2D eigenvalue weighted by atomic mass is 9.95. The van der Waals surface area contributed by atoms with Crippen molar-refractivity contribution in [2.24, 2.45) is 5.92 Å². The maximum atomic E-state index is 13.9. The van der Waals surface area contributed by atoms with Gasteiger partial charge < -0.3 is 10.1 Å². The van der Waals surface area contributed by atoms with E-state index in [4.69, 9.17) is 4.74 Å². The molecule has 0 saturated carbocycles. The van der Waals surface area contributed by atoms with E-state index in [9.17, 15) is 9.59 Å². The lowest BCUT2D eigenvalue weighted by Crippen LogP contribution is -2.39. The molecule has 2 amide bonds. The molecule has 0 radical (unpaired) electrons. The molecular formula is C28H32N8O3S. The molecule has 0 aliphatic carbocycles. The zero-order valence-electron chi connectivity index (χ0n) is 22.8. The molecule has 4 aromatic rings. The van der Waals surface area contributed by atoms with Crippen molar-refractivity contribution in [3.63, 3.8) is 0 Å². The van der Waals surface area contributed by atoms with Gasteiger partial charge in [0.25, 0.3) is 0 Å². The first-order valence-corrected chi connectivity index (χ1v) is 13.9. The van der Waals surface area contributed by atoms with Gasteiger partial charge in [-0.1, -0.05) is 6.07 Å². The number of aryl methyl sites for hydroxylation is 1. The summed E-state index contributed by atoms with van der Waals surface area (Å²) in [5, 5.41) is 15.9. The molecule has 1 aliphatic heterocycles. The smallest absolute Gasteiger partial charge is 0.326 e. The summed E-state index contributed by atoms with van der Waals surface area (Å²) in [5.74, 6) is 0.778. The van der Waals surface area contributed by atoms with Gasteiger partial charge in [-0.3, -0.25) is 25.1 Å². The fourth-order valence-electron chi connectivity index (χ4n) is 4.53. The first-order chi connectivity index (χ1) is 19.2. The van der Waals surface area contributed by atoms with Crippen LogP contribution in [-0.4, -0.2) is 55.7 Å². The van der Waals surface area contributed by atoms with Crippen molar-refractivity contribution in [2.45, 2.75) is 45.8 Å². The summed E-state index contributed by atoms with van der Waals surface area (Å²) in [6, 6.07) is 10.1. The molecule has 40 heavy (non-hydrogen) atoms. The van der Waals surface area contributed by atoms with Crippen LogP contribution in [0.3, 0.4) is 0 Å². The molecule has 4 aromatic heterocycles. The second kappa shape index (κ2) is 11.5. The minimum atomic E-state index is -0.759. The number of anilines is 2.